The predicted octanol–water partition coefficient (Wildman–Crippen LogP) is 2.23. The molecule has 90 valence electrons. The van der Waals surface area contributed by atoms with Crippen LogP contribution in [0.2, 0.25) is 0 Å². The van der Waals surface area contributed by atoms with Crippen LogP contribution in [0.4, 0.5) is 0 Å². The summed E-state index contributed by atoms with van der Waals surface area (Å²) in [6.45, 7) is 5.07. The summed E-state index contributed by atoms with van der Waals surface area (Å²) in [5, 5.41) is 3.62. The number of hydrogen-bond acceptors (Lipinski definition) is 3. The highest BCUT2D eigenvalue weighted by Crippen LogP contribution is 2.20. The Bertz CT molecular complexity index is 284. The highest BCUT2D eigenvalue weighted by molar-refractivity contribution is 5.07. The minimum atomic E-state index is 0.581. The second-order valence-corrected chi connectivity index (χ2v) is 4.52. The molecule has 1 saturated heterocycles. The number of ether oxygens (including phenoxy) is 1. The van der Waals surface area contributed by atoms with Gasteiger partial charge >= 0.3 is 0 Å². The molecular formula is C13H21NO2. The molecule has 3 heteroatoms. The number of furan rings is 1. The first kappa shape index (κ1) is 11.7. The molecule has 2 unspecified atom stereocenters. The first-order valence-electron chi connectivity index (χ1n) is 6.22. The zero-order valence-corrected chi connectivity index (χ0v) is 9.95. The van der Waals surface area contributed by atoms with Gasteiger partial charge < -0.3 is 14.5 Å². The van der Waals surface area contributed by atoms with Crippen molar-refractivity contribution in [3.8, 4) is 0 Å². The van der Waals surface area contributed by atoms with Crippen LogP contribution >= 0.6 is 0 Å². The maximum absolute atomic E-state index is 5.57. The predicted molar refractivity (Wildman–Crippen MR) is 63.4 cm³/mol. The first-order valence-corrected chi connectivity index (χ1v) is 6.22. The van der Waals surface area contributed by atoms with Crippen LogP contribution < -0.4 is 5.32 Å². The molecular weight excluding hydrogens is 202 g/mol. The van der Waals surface area contributed by atoms with E-state index in [-0.39, 0.29) is 0 Å². The third-order valence-corrected chi connectivity index (χ3v) is 3.21. The highest BCUT2D eigenvalue weighted by atomic mass is 16.5. The zero-order chi connectivity index (χ0) is 11.2. The van der Waals surface area contributed by atoms with Gasteiger partial charge in [-0.1, -0.05) is 6.92 Å². The van der Waals surface area contributed by atoms with Gasteiger partial charge in [0.05, 0.1) is 19.1 Å². The molecule has 0 spiro atoms. The van der Waals surface area contributed by atoms with E-state index in [1.165, 1.54) is 12.0 Å². The van der Waals surface area contributed by atoms with Crippen LogP contribution in [-0.2, 0) is 11.2 Å². The van der Waals surface area contributed by atoms with Crippen molar-refractivity contribution in [2.24, 2.45) is 5.92 Å². The second-order valence-electron chi connectivity index (χ2n) is 4.52. The average molecular weight is 223 g/mol. The molecule has 1 fully saturated rings. The molecule has 16 heavy (non-hydrogen) atoms. The molecule has 2 atom stereocenters. The fourth-order valence-electron chi connectivity index (χ4n) is 2.31. The van der Waals surface area contributed by atoms with E-state index >= 15 is 0 Å². The van der Waals surface area contributed by atoms with Crippen molar-refractivity contribution in [2.75, 3.05) is 19.8 Å². The summed E-state index contributed by atoms with van der Waals surface area (Å²) in [4.78, 5) is 0. The standard InChI is InChI=1S/C13H21NO2/c1-2-5-14-13-4-7-16-10-12(13)8-11-3-6-15-9-11/h3,6,9,12-14H,2,4-5,7-8,10H2,1H3. The highest BCUT2D eigenvalue weighted by Gasteiger charge is 2.25. The van der Waals surface area contributed by atoms with Crippen LogP contribution in [0, 0.1) is 5.92 Å². The molecule has 0 amide bonds. The molecule has 1 aliphatic rings. The van der Waals surface area contributed by atoms with Gasteiger partial charge in [0.15, 0.2) is 0 Å². The van der Waals surface area contributed by atoms with Crippen molar-refractivity contribution in [1.29, 1.82) is 0 Å². The average Bonchev–Trinajstić information content (AvgIpc) is 2.81. The topological polar surface area (TPSA) is 34.4 Å². The van der Waals surface area contributed by atoms with Crippen molar-refractivity contribution in [1.82, 2.24) is 5.32 Å². The summed E-state index contributed by atoms with van der Waals surface area (Å²) in [5.74, 6) is 0.581. The lowest BCUT2D eigenvalue weighted by Gasteiger charge is -2.32. The summed E-state index contributed by atoms with van der Waals surface area (Å²) in [6.07, 6.45) is 6.95. The first-order chi connectivity index (χ1) is 7.90. The van der Waals surface area contributed by atoms with Gasteiger partial charge in [0.1, 0.15) is 0 Å². The van der Waals surface area contributed by atoms with Crippen molar-refractivity contribution in [3.63, 3.8) is 0 Å². The molecule has 0 saturated carbocycles. The van der Waals surface area contributed by atoms with Gasteiger partial charge in [-0.15, -0.1) is 0 Å². The monoisotopic (exact) mass is 223 g/mol. The molecule has 0 bridgehead atoms. The number of hydrogen-bond donors (Lipinski definition) is 1. The summed E-state index contributed by atoms with van der Waals surface area (Å²) in [5.41, 5.74) is 1.28. The molecule has 1 N–H and O–H groups in total. The third kappa shape index (κ3) is 3.09. The number of nitrogens with one attached hydrogen (secondary N) is 1. The Balaban J connectivity index is 1.88. The maximum Gasteiger partial charge on any atom is 0.0934 e. The van der Waals surface area contributed by atoms with Gasteiger partial charge in [0.25, 0.3) is 0 Å². The van der Waals surface area contributed by atoms with E-state index in [9.17, 15) is 0 Å². The Labute approximate surface area is 97.2 Å². The van der Waals surface area contributed by atoms with E-state index in [2.05, 4.69) is 12.2 Å². The van der Waals surface area contributed by atoms with E-state index < -0.39 is 0 Å². The smallest absolute Gasteiger partial charge is 0.0934 e. The van der Waals surface area contributed by atoms with Crippen molar-refractivity contribution in [2.45, 2.75) is 32.2 Å². The largest absolute Gasteiger partial charge is 0.472 e. The SMILES string of the molecule is CCCNC1CCOCC1Cc1ccoc1. The van der Waals surface area contributed by atoms with E-state index in [0.717, 1.165) is 32.6 Å². The Morgan fingerprint density at radius 3 is 3.19 bits per heavy atom. The van der Waals surface area contributed by atoms with E-state index in [4.69, 9.17) is 9.15 Å². The lowest BCUT2D eigenvalue weighted by Crippen LogP contribution is -2.43. The lowest BCUT2D eigenvalue weighted by atomic mass is 9.90. The fourth-order valence-corrected chi connectivity index (χ4v) is 2.31. The van der Waals surface area contributed by atoms with Gasteiger partial charge in [-0.25, -0.2) is 0 Å². The van der Waals surface area contributed by atoms with Gasteiger partial charge in [-0.3, -0.25) is 0 Å². The van der Waals surface area contributed by atoms with Crippen LogP contribution in [0.5, 0.6) is 0 Å². The molecule has 2 rings (SSSR count). The number of rotatable bonds is 5. The minimum Gasteiger partial charge on any atom is -0.472 e. The Kier molecular flexibility index (Phi) is 4.43. The van der Waals surface area contributed by atoms with E-state index in [1.54, 1.807) is 6.26 Å². The second kappa shape index (κ2) is 6.06. The van der Waals surface area contributed by atoms with Gasteiger partial charge in [-0.2, -0.15) is 0 Å². The molecule has 3 nitrogen and oxygen atoms in total. The van der Waals surface area contributed by atoms with Crippen LogP contribution in [0.3, 0.4) is 0 Å². The van der Waals surface area contributed by atoms with Crippen LogP contribution in [0.1, 0.15) is 25.3 Å². The maximum atomic E-state index is 5.57. The molecule has 1 aliphatic heterocycles. The molecule has 0 aromatic carbocycles. The Morgan fingerprint density at radius 1 is 1.50 bits per heavy atom. The lowest BCUT2D eigenvalue weighted by molar-refractivity contribution is 0.0322. The molecule has 2 heterocycles. The molecule has 1 aromatic rings. The van der Waals surface area contributed by atoms with Gasteiger partial charge in [0, 0.05) is 18.6 Å². The Hall–Kier alpha value is -0.800. The van der Waals surface area contributed by atoms with Gasteiger partial charge in [-0.05, 0) is 37.4 Å². The third-order valence-electron chi connectivity index (χ3n) is 3.21. The summed E-state index contributed by atoms with van der Waals surface area (Å²) >= 11 is 0. The molecule has 0 radical (unpaired) electrons. The fraction of sp³-hybridized carbons (Fsp3) is 0.692. The van der Waals surface area contributed by atoms with Crippen LogP contribution in [0.25, 0.3) is 0 Å². The van der Waals surface area contributed by atoms with Crippen molar-refractivity contribution >= 4 is 0 Å². The normalized spacial score (nSPS) is 25.8. The summed E-state index contributed by atoms with van der Waals surface area (Å²) < 4.78 is 10.7. The minimum absolute atomic E-state index is 0.581. The van der Waals surface area contributed by atoms with Crippen molar-refractivity contribution in [3.05, 3.63) is 24.2 Å². The van der Waals surface area contributed by atoms with Crippen LogP contribution in [-0.4, -0.2) is 25.8 Å². The van der Waals surface area contributed by atoms with E-state index in [0.29, 0.717) is 12.0 Å². The quantitative estimate of drug-likeness (QED) is 0.831. The van der Waals surface area contributed by atoms with E-state index in [1.807, 2.05) is 12.3 Å². The van der Waals surface area contributed by atoms with Gasteiger partial charge in [0.2, 0.25) is 0 Å². The van der Waals surface area contributed by atoms with Crippen molar-refractivity contribution < 1.29 is 9.15 Å². The van der Waals surface area contributed by atoms with Crippen LogP contribution in [0.15, 0.2) is 23.0 Å². The summed E-state index contributed by atoms with van der Waals surface area (Å²) in [6, 6.07) is 2.65. The zero-order valence-electron chi connectivity index (χ0n) is 9.95. The molecule has 1 aromatic heterocycles. The molecule has 0 aliphatic carbocycles. The summed E-state index contributed by atoms with van der Waals surface area (Å²) in [7, 11) is 0. The Morgan fingerprint density at radius 2 is 2.44 bits per heavy atom.